The van der Waals surface area contributed by atoms with Crippen molar-refractivity contribution in [3.05, 3.63) is 22.7 Å². The Labute approximate surface area is 126 Å². The molecule has 0 bridgehead atoms. The summed E-state index contributed by atoms with van der Waals surface area (Å²) in [7, 11) is 1.65. The highest BCUT2D eigenvalue weighted by atomic mass is 35.5. The maximum absolute atomic E-state index is 6.28. The number of hydrogen-bond acceptors (Lipinski definition) is 3. The van der Waals surface area contributed by atoms with Crippen LogP contribution in [0.4, 0.5) is 0 Å². The van der Waals surface area contributed by atoms with E-state index in [9.17, 15) is 0 Å². The molecular weight excluding hydrogens is 274 g/mol. The molecule has 1 fully saturated rings. The fourth-order valence-corrected chi connectivity index (χ4v) is 3.02. The van der Waals surface area contributed by atoms with Gasteiger partial charge in [-0.25, -0.2) is 0 Å². The van der Waals surface area contributed by atoms with Gasteiger partial charge < -0.3 is 14.8 Å². The topological polar surface area (TPSA) is 30.5 Å². The zero-order valence-electron chi connectivity index (χ0n) is 12.4. The predicted octanol–water partition coefficient (Wildman–Crippen LogP) is 4.17. The van der Waals surface area contributed by atoms with Crippen LogP contribution in [0.15, 0.2) is 12.1 Å². The molecule has 0 radical (unpaired) electrons. The Morgan fingerprint density at radius 3 is 2.65 bits per heavy atom. The van der Waals surface area contributed by atoms with Gasteiger partial charge in [-0.2, -0.15) is 0 Å². The molecule has 112 valence electrons. The van der Waals surface area contributed by atoms with Crippen LogP contribution in [-0.2, 0) is 6.54 Å². The fourth-order valence-electron chi connectivity index (χ4n) is 2.73. The molecule has 1 aromatic carbocycles. The second-order valence-electron chi connectivity index (χ2n) is 5.26. The first kappa shape index (κ1) is 15.5. The molecular formula is C16H24ClNO2. The molecule has 3 nitrogen and oxygen atoms in total. The monoisotopic (exact) mass is 297 g/mol. The van der Waals surface area contributed by atoms with Crippen LogP contribution in [0.1, 0.15) is 44.6 Å². The van der Waals surface area contributed by atoms with Gasteiger partial charge in [0.1, 0.15) is 0 Å². The number of benzene rings is 1. The van der Waals surface area contributed by atoms with Gasteiger partial charge in [-0.05, 0) is 37.5 Å². The Kier molecular flexibility index (Phi) is 5.99. The van der Waals surface area contributed by atoms with Crippen LogP contribution in [0.3, 0.4) is 0 Å². The van der Waals surface area contributed by atoms with E-state index in [0.717, 1.165) is 12.1 Å². The zero-order valence-corrected chi connectivity index (χ0v) is 13.1. The van der Waals surface area contributed by atoms with Gasteiger partial charge >= 0.3 is 0 Å². The number of halogens is 1. The van der Waals surface area contributed by atoms with Crippen molar-refractivity contribution in [3.63, 3.8) is 0 Å². The summed E-state index contributed by atoms with van der Waals surface area (Å²) in [4.78, 5) is 0. The lowest BCUT2D eigenvalue weighted by Gasteiger charge is -2.23. The molecule has 0 heterocycles. The van der Waals surface area contributed by atoms with E-state index in [1.165, 1.54) is 32.1 Å². The number of nitrogens with one attached hydrogen (secondary N) is 1. The van der Waals surface area contributed by atoms with Crippen LogP contribution < -0.4 is 14.8 Å². The standard InChI is InChI=1S/C16H24ClNO2/c1-3-20-16-14(17)9-12(10-15(16)19-2)11-18-13-7-5-4-6-8-13/h9-10,13,18H,3-8,11H2,1-2H3. The molecule has 1 aliphatic carbocycles. The van der Waals surface area contributed by atoms with Gasteiger partial charge in [-0.1, -0.05) is 30.9 Å². The summed E-state index contributed by atoms with van der Waals surface area (Å²) >= 11 is 6.28. The Bertz CT molecular complexity index is 431. The van der Waals surface area contributed by atoms with E-state index in [-0.39, 0.29) is 0 Å². The molecule has 0 aromatic heterocycles. The van der Waals surface area contributed by atoms with E-state index in [2.05, 4.69) is 5.32 Å². The van der Waals surface area contributed by atoms with Gasteiger partial charge in [-0.3, -0.25) is 0 Å². The predicted molar refractivity (Wildman–Crippen MR) is 82.9 cm³/mol. The van der Waals surface area contributed by atoms with Crippen LogP contribution in [0.2, 0.25) is 5.02 Å². The minimum atomic E-state index is 0.579. The van der Waals surface area contributed by atoms with Crippen molar-refractivity contribution in [2.45, 2.75) is 51.6 Å². The Morgan fingerprint density at radius 2 is 2.00 bits per heavy atom. The van der Waals surface area contributed by atoms with Crippen LogP contribution in [0.5, 0.6) is 11.5 Å². The normalized spacial score (nSPS) is 16.1. The van der Waals surface area contributed by atoms with Gasteiger partial charge in [0.15, 0.2) is 11.5 Å². The van der Waals surface area contributed by atoms with Gasteiger partial charge in [0.05, 0.1) is 18.7 Å². The van der Waals surface area contributed by atoms with Gasteiger partial charge in [-0.15, -0.1) is 0 Å². The minimum absolute atomic E-state index is 0.579. The summed E-state index contributed by atoms with van der Waals surface area (Å²) in [5.41, 5.74) is 1.14. The number of ether oxygens (including phenoxy) is 2. The van der Waals surface area contributed by atoms with E-state index in [1.54, 1.807) is 7.11 Å². The largest absolute Gasteiger partial charge is 0.493 e. The summed E-state index contributed by atoms with van der Waals surface area (Å²) < 4.78 is 10.9. The maximum Gasteiger partial charge on any atom is 0.179 e. The van der Waals surface area contributed by atoms with E-state index >= 15 is 0 Å². The number of rotatable bonds is 6. The molecule has 0 atom stereocenters. The van der Waals surface area contributed by atoms with Crippen molar-refractivity contribution in [2.75, 3.05) is 13.7 Å². The number of methoxy groups -OCH3 is 1. The molecule has 1 saturated carbocycles. The number of hydrogen-bond donors (Lipinski definition) is 1. The summed E-state index contributed by atoms with van der Waals surface area (Å²) in [5, 5.41) is 4.23. The van der Waals surface area contributed by atoms with Crippen LogP contribution in [-0.4, -0.2) is 19.8 Å². The van der Waals surface area contributed by atoms with Crippen molar-refractivity contribution in [1.29, 1.82) is 0 Å². The smallest absolute Gasteiger partial charge is 0.179 e. The quantitative estimate of drug-likeness (QED) is 0.855. The molecule has 0 saturated heterocycles. The Balaban J connectivity index is 2.02. The molecule has 4 heteroatoms. The summed E-state index contributed by atoms with van der Waals surface area (Å²) in [6.07, 6.45) is 6.61. The average Bonchev–Trinajstić information content (AvgIpc) is 2.48. The van der Waals surface area contributed by atoms with Crippen LogP contribution in [0, 0.1) is 0 Å². The van der Waals surface area contributed by atoms with Crippen molar-refractivity contribution < 1.29 is 9.47 Å². The molecule has 1 N–H and O–H groups in total. The lowest BCUT2D eigenvalue weighted by atomic mass is 9.95. The highest BCUT2D eigenvalue weighted by Gasteiger charge is 2.15. The third-order valence-corrected chi connectivity index (χ3v) is 4.06. The summed E-state index contributed by atoms with van der Waals surface area (Å²) in [6, 6.07) is 4.61. The Hall–Kier alpha value is -0.930. The van der Waals surface area contributed by atoms with Gasteiger partial charge in [0.2, 0.25) is 0 Å². The van der Waals surface area contributed by atoms with Crippen molar-refractivity contribution in [3.8, 4) is 11.5 Å². The van der Waals surface area contributed by atoms with Gasteiger partial charge in [0.25, 0.3) is 0 Å². The molecule has 0 unspecified atom stereocenters. The van der Waals surface area contributed by atoms with E-state index in [4.69, 9.17) is 21.1 Å². The third-order valence-electron chi connectivity index (χ3n) is 3.78. The zero-order chi connectivity index (χ0) is 14.4. The first-order valence-electron chi connectivity index (χ1n) is 7.47. The van der Waals surface area contributed by atoms with Crippen molar-refractivity contribution in [1.82, 2.24) is 5.32 Å². The lowest BCUT2D eigenvalue weighted by Crippen LogP contribution is -2.30. The van der Waals surface area contributed by atoms with Crippen molar-refractivity contribution in [2.24, 2.45) is 0 Å². The molecule has 2 rings (SSSR count). The first-order chi connectivity index (χ1) is 9.74. The lowest BCUT2D eigenvalue weighted by molar-refractivity contribution is 0.310. The van der Waals surface area contributed by atoms with Crippen molar-refractivity contribution >= 4 is 11.6 Å². The Morgan fingerprint density at radius 1 is 1.25 bits per heavy atom. The van der Waals surface area contributed by atoms with Crippen LogP contribution in [0.25, 0.3) is 0 Å². The summed E-state index contributed by atoms with van der Waals surface area (Å²) in [6.45, 7) is 3.34. The highest BCUT2D eigenvalue weighted by Crippen LogP contribution is 2.36. The average molecular weight is 298 g/mol. The second kappa shape index (κ2) is 7.75. The molecule has 1 aliphatic rings. The summed E-state index contributed by atoms with van der Waals surface area (Å²) in [5.74, 6) is 1.35. The second-order valence-corrected chi connectivity index (χ2v) is 5.67. The molecule has 0 spiro atoms. The van der Waals surface area contributed by atoms with E-state index in [0.29, 0.717) is 29.2 Å². The first-order valence-corrected chi connectivity index (χ1v) is 7.85. The highest BCUT2D eigenvalue weighted by molar-refractivity contribution is 6.32. The maximum atomic E-state index is 6.28. The van der Waals surface area contributed by atoms with Crippen LogP contribution >= 0.6 is 11.6 Å². The van der Waals surface area contributed by atoms with E-state index in [1.807, 2.05) is 19.1 Å². The SMILES string of the molecule is CCOc1c(Cl)cc(CNC2CCCCC2)cc1OC. The molecule has 0 amide bonds. The fraction of sp³-hybridized carbons (Fsp3) is 0.625. The third kappa shape index (κ3) is 4.03. The molecule has 20 heavy (non-hydrogen) atoms. The minimum Gasteiger partial charge on any atom is -0.493 e. The molecule has 1 aromatic rings. The molecule has 0 aliphatic heterocycles. The van der Waals surface area contributed by atoms with Gasteiger partial charge in [0, 0.05) is 12.6 Å². The van der Waals surface area contributed by atoms with E-state index < -0.39 is 0 Å².